The molecule has 0 radical (unpaired) electrons. The monoisotopic (exact) mass is 373 g/mol. The number of fused-ring (bicyclic) bond motifs is 2. The van der Waals surface area contributed by atoms with Crippen molar-refractivity contribution in [2.75, 3.05) is 19.9 Å². The number of hydrogen-bond donors (Lipinski definition) is 0. The molecule has 0 N–H and O–H groups in total. The Morgan fingerprint density at radius 3 is 2.81 bits per heavy atom. The minimum atomic E-state index is -0.629. The molecule has 2 aromatic rings. The fraction of sp³-hybridized carbons (Fsp3) is 0.263. The minimum absolute atomic E-state index is 0.0580. The third-order valence-corrected chi connectivity index (χ3v) is 4.75. The molecule has 0 saturated carbocycles. The summed E-state index contributed by atoms with van der Waals surface area (Å²) in [5.74, 6) is -0.0506. The third-order valence-electron chi connectivity index (χ3n) is 4.47. The highest BCUT2D eigenvalue weighted by Gasteiger charge is 2.24. The van der Waals surface area contributed by atoms with E-state index in [1.54, 1.807) is 4.90 Å². The van der Waals surface area contributed by atoms with Gasteiger partial charge in [-0.25, -0.2) is 4.79 Å². The van der Waals surface area contributed by atoms with E-state index in [2.05, 4.69) is 6.07 Å². The average Bonchev–Trinajstić information content (AvgIpc) is 3.14. The van der Waals surface area contributed by atoms with Crippen molar-refractivity contribution in [3.05, 3.63) is 58.1 Å². The highest BCUT2D eigenvalue weighted by Crippen LogP contribution is 2.39. The Morgan fingerprint density at radius 1 is 1.15 bits per heavy atom. The van der Waals surface area contributed by atoms with Crippen molar-refractivity contribution in [3.8, 4) is 11.5 Å². The van der Waals surface area contributed by atoms with Crippen LogP contribution in [0.15, 0.2) is 36.4 Å². The van der Waals surface area contributed by atoms with Crippen LogP contribution in [0.25, 0.3) is 0 Å². The summed E-state index contributed by atoms with van der Waals surface area (Å²) in [7, 11) is 0. The molecule has 0 bridgehead atoms. The van der Waals surface area contributed by atoms with E-state index in [0.717, 1.165) is 12.0 Å². The summed E-state index contributed by atoms with van der Waals surface area (Å²) in [6.07, 6.45) is 0.799. The van der Waals surface area contributed by atoms with Gasteiger partial charge in [0.1, 0.15) is 0 Å². The number of amides is 1. The molecule has 0 unspecified atom stereocenters. The van der Waals surface area contributed by atoms with Gasteiger partial charge in [-0.1, -0.05) is 35.9 Å². The number of hydrogen-bond acceptors (Lipinski definition) is 5. The first-order valence-corrected chi connectivity index (χ1v) is 8.60. The first kappa shape index (κ1) is 16.7. The fourth-order valence-electron chi connectivity index (χ4n) is 3.10. The number of rotatable bonds is 3. The lowest BCUT2D eigenvalue weighted by molar-refractivity contribution is -0.135. The lowest BCUT2D eigenvalue weighted by Gasteiger charge is -2.28. The average molecular weight is 374 g/mol. The van der Waals surface area contributed by atoms with Crippen molar-refractivity contribution in [2.24, 2.45) is 0 Å². The smallest absolute Gasteiger partial charge is 0.338 e. The summed E-state index contributed by atoms with van der Waals surface area (Å²) in [4.78, 5) is 26.3. The number of carbonyl (C=O) groups is 2. The molecule has 0 spiro atoms. The van der Waals surface area contributed by atoms with Crippen LogP contribution in [0.4, 0.5) is 0 Å². The molecule has 6 nitrogen and oxygen atoms in total. The molecular weight excluding hydrogens is 358 g/mol. The first-order valence-electron chi connectivity index (χ1n) is 8.22. The Morgan fingerprint density at radius 2 is 1.96 bits per heavy atom. The normalized spacial score (nSPS) is 14.7. The van der Waals surface area contributed by atoms with Crippen LogP contribution in [-0.2, 0) is 22.5 Å². The Hall–Kier alpha value is -2.73. The Kier molecular flexibility index (Phi) is 4.42. The van der Waals surface area contributed by atoms with Crippen LogP contribution >= 0.6 is 11.6 Å². The van der Waals surface area contributed by atoms with Gasteiger partial charge < -0.3 is 19.1 Å². The zero-order valence-corrected chi connectivity index (χ0v) is 14.6. The van der Waals surface area contributed by atoms with Gasteiger partial charge in [0.25, 0.3) is 5.91 Å². The van der Waals surface area contributed by atoms with Gasteiger partial charge in [0, 0.05) is 13.1 Å². The van der Waals surface area contributed by atoms with E-state index in [9.17, 15) is 9.59 Å². The van der Waals surface area contributed by atoms with Gasteiger partial charge in [0.05, 0.1) is 10.6 Å². The van der Waals surface area contributed by atoms with Crippen LogP contribution in [0.1, 0.15) is 21.5 Å². The maximum atomic E-state index is 12.4. The zero-order chi connectivity index (χ0) is 18.1. The predicted octanol–water partition coefficient (Wildman–Crippen LogP) is 2.81. The highest BCUT2D eigenvalue weighted by molar-refractivity contribution is 6.32. The van der Waals surface area contributed by atoms with Gasteiger partial charge in [-0.05, 0) is 29.7 Å². The first-order chi connectivity index (χ1) is 12.6. The topological polar surface area (TPSA) is 65.1 Å². The van der Waals surface area contributed by atoms with Crippen LogP contribution in [0.5, 0.6) is 11.5 Å². The number of benzene rings is 2. The predicted molar refractivity (Wildman–Crippen MR) is 93.4 cm³/mol. The zero-order valence-electron chi connectivity index (χ0n) is 13.9. The van der Waals surface area contributed by atoms with E-state index in [1.165, 1.54) is 17.7 Å². The van der Waals surface area contributed by atoms with Gasteiger partial charge in [-0.3, -0.25) is 4.79 Å². The number of nitrogens with zero attached hydrogens (tertiary/aromatic N) is 1. The summed E-state index contributed by atoms with van der Waals surface area (Å²) in [6.45, 7) is 0.890. The summed E-state index contributed by atoms with van der Waals surface area (Å²) in [5.41, 5.74) is 2.60. The van der Waals surface area contributed by atoms with Gasteiger partial charge in [0.15, 0.2) is 18.1 Å². The van der Waals surface area contributed by atoms with Crippen molar-refractivity contribution >= 4 is 23.5 Å². The van der Waals surface area contributed by atoms with E-state index >= 15 is 0 Å². The molecule has 1 amide bonds. The van der Waals surface area contributed by atoms with Crippen molar-refractivity contribution in [1.29, 1.82) is 0 Å². The number of ether oxygens (including phenoxy) is 3. The van der Waals surface area contributed by atoms with Gasteiger partial charge >= 0.3 is 5.97 Å². The standard InChI is InChI=1S/C19H16ClNO5/c20-15-7-14(8-16-18(15)26-11-25-16)19(23)24-10-17(22)21-6-5-12-3-1-2-4-13(12)9-21/h1-4,7-8H,5-6,9-11H2. The van der Waals surface area contributed by atoms with Crippen LogP contribution in [0, 0.1) is 0 Å². The van der Waals surface area contributed by atoms with Crippen molar-refractivity contribution in [1.82, 2.24) is 4.90 Å². The quantitative estimate of drug-likeness (QED) is 0.774. The second kappa shape index (κ2) is 6.88. The largest absolute Gasteiger partial charge is 0.454 e. The molecule has 134 valence electrons. The lowest BCUT2D eigenvalue weighted by Crippen LogP contribution is -2.38. The summed E-state index contributed by atoms with van der Waals surface area (Å²) in [6, 6.07) is 11.0. The van der Waals surface area contributed by atoms with E-state index in [1.807, 2.05) is 18.2 Å². The molecular formula is C19H16ClNO5. The molecule has 4 rings (SSSR count). The van der Waals surface area contributed by atoms with E-state index in [4.69, 9.17) is 25.8 Å². The molecule has 0 saturated heterocycles. The third kappa shape index (κ3) is 3.20. The maximum absolute atomic E-state index is 12.4. The Labute approximate surface area is 155 Å². The number of esters is 1. The molecule has 2 aliphatic heterocycles. The summed E-state index contributed by atoms with van der Waals surface area (Å²) < 4.78 is 15.6. The molecule has 0 aromatic heterocycles. The molecule has 7 heteroatoms. The van der Waals surface area contributed by atoms with E-state index in [-0.39, 0.29) is 29.9 Å². The second-order valence-corrected chi connectivity index (χ2v) is 6.51. The molecule has 2 aromatic carbocycles. The van der Waals surface area contributed by atoms with Crippen molar-refractivity contribution < 1.29 is 23.8 Å². The van der Waals surface area contributed by atoms with Crippen LogP contribution in [-0.4, -0.2) is 36.7 Å². The molecule has 0 atom stereocenters. The van der Waals surface area contributed by atoms with E-state index < -0.39 is 5.97 Å². The molecule has 0 aliphatic carbocycles. The van der Waals surface area contributed by atoms with Crippen LogP contribution in [0.2, 0.25) is 5.02 Å². The van der Waals surface area contributed by atoms with Gasteiger partial charge in [-0.15, -0.1) is 0 Å². The van der Waals surface area contributed by atoms with Crippen molar-refractivity contribution in [2.45, 2.75) is 13.0 Å². The van der Waals surface area contributed by atoms with Gasteiger partial charge in [-0.2, -0.15) is 0 Å². The minimum Gasteiger partial charge on any atom is -0.454 e. The molecule has 2 heterocycles. The fourth-order valence-corrected chi connectivity index (χ4v) is 3.36. The summed E-state index contributed by atoms with van der Waals surface area (Å²) >= 11 is 6.06. The van der Waals surface area contributed by atoms with Crippen LogP contribution < -0.4 is 9.47 Å². The summed E-state index contributed by atoms with van der Waals surface area (Å²) in [5, 5.41) is 0.269. The SMILES string of the molecule is O=C(OCC(=O)N1CCc2ccccc2C1)c1cc(Cl)c2c(c1)OCO2. The van der Waals surface area contributed by atoms with Gasteiger partial charge in [0.2, 0.25) is 6.79 Å². The van der Waals surface area contributed by atoms with Crippen molar-refractivity contribution in [3.63, 3.8) is 0 Å². The molecule has 26 heavy (non-hydrogen) atoms. The Balaban J connectivity index is 1.38. The van der Waals surface area contributed by atoms with E-state index in [0.29, 0.717) is 24.6 Å². The number of halogens is 1. The molecule has 2 aliphatic rings. The lowest BCUT2D eigenvalue weighted by atomic mass is 10.00. The Bertz CT molecular complexity index is 882. The van der Waals surface area contributed by atoms with Crippen LogP contribution in [0.3, 0.4) is 0 Å². The maximum Gasteiger partial charge on any atom is 0.338 e. The molecule has 0 fully saturated rings. The number of carbonyl (C=O) groups excluding carboxylic acids is 2. The highest BCUT2D eigenvalue weighted by atomic mass is 35.5. The second-order valence-electron chi connectivity index (χ2n) is 6.10.